The number of likely N-dealkylation sites (tertiary alicyclic amines) is 1. The molecule has 0 aromatic heterocycles. The molecule has 3 fully saturated rings. The molecular weight excluding hydrogens is 418 g/mol. The first-order chi connectivity index (χ1) is 14.8. The molecule has 4 aliphatic rings. The molecule has 1 aromatic carbocycles. The zero-order valence-corrected chi connectivity index (χ0v) is 18.1. The molecule has 0 unspecified atom stereocenters. The molecule has 31 heavy (non-hydrogen) atoms. The number of aryl methyl sites for hydroxylation is 1. The quantitative estimate of drug-likeness (QED) is 0.503. The van der Waals surface area contributed by atoms with E-state index in [4.69, 9.17) is 0 Å². The van der Waals surface area contributed by atoms with E-state index in [-0.39, 0.29) is 79.0 Å². The van der Waals surface area contributed by atoms with Crippen molar-refractivity contribution in [2.45, 2.75) is 18.2 Å². The van der Waals surface area contributed by atoms with E-state index in [1.54, 1.807) is 29.2 Å². The van der Waals surface area contributed by atoms with E-state index in [0.717, 1.165) is 16.9 Å². The van der Waals surface area contributed by atoms with Crippen LogP contribution >= 0.6 is 0 Å². The average Bonchev–Trinajstić information content (AvgIpc) is 3.44. The van der Waals surface area contributed by atoms with Crippen molar-refractivity contribution in [3.05, 3.63) is 42.0 Å². The second-order valence-corrected chi connectivity index (χ2v) is 10.8. The summed E-state index contributed by atoms with van der Waals surface area (Å²) >= 11 is 0. The molecule has 1 aromatic rings. The molecule has 9 heteroatoms. The van der Waals surface area contributed by atoms with Crippen LogP contribution in [0, 0.1) is 30.6 Å². The Morgan fingerprint density at radius 2 is 1.48 bits per heavy atom. The maximum Gasteiger partial charge on any atom is 0.243 e. The molecule has 0 spiro atoms. The van der Waals surface area contributed by atoms with Crippen LogP contribution in [0.3, 0.4) is 0 Å². The fraction of sp³-hybridized carbons (Fsp3) is 0.500. The molecule has 3 amide bonds. The van der Waals surface area contributed by atoms with E-state index in [2.05, 4.69) is 0 Å². The van der Waals surface area contributed by atoms with Crippen molar-refractivity contribution in [1.29, 1.82) is 0 Å². The fourth-order valence-corrected chi connectivity index (χ4v) is 6.81. The Bertz CT molecular complexity index is 1040. The van der Waals surface area contributed by atoms with Crippen molar-refractivity contribution < 1.29 is 22.8 Å². The monoisotopic (exact) mass is 443 g/mol. The van der Waals surface area contributed by atoms with Crippen LogP contribution in [0.5, 0.6) is 0 Å². The van der Waals surface area contributed by atoms with Crippen LogP contribution in [0.25, 0.3) is 0 Å². The summed E-state index contributed by atoms with van der Waals surface area (Å²) in [6, 6.07) is 6.69. The lowest BCUT2D eigenvalue weighted by Crippen LogP contribution is -2.53. The number of hydrogen-bond acceptors (Lipinski definition) is 5. The lowest BCUT2D eigenvalue weighted by molar-refractivity contribution is -0.147. The van der Waals surface area contributed by atoms with Crippen LogP contribution < -0.4 is 0 Å². The van der Waals surface area contributed by atoms with Crippen LogP contribution in [-0.2, 0) is 24.4 Å². The van der Waals surface area contributed by atoms with E-state index in [9.17, 15) is 22.8 Å². The highest BCUT2D eigenvalue weighted by molar-refractivity contribution is 7.89. The van der Waals surface area contributed by atoms with Crippen molar-refractivity contribution in [2.75, 3.05) is 32.7 Å². The molecule has 5 rings (SSSR count). The predicted molar refractivity (Wildman–Crippen MR) is 111 cm³/mol. The Morgan fingerprint density at radius 3 is 2.03 bits per heavy atom. The zero-order chi connectivity index (χ0) is 21.9. The topological polar surface area (TPSA) is 95.1 Å². The second-order valence-electron chi connectivity index (χ2n) is 8.86. The Hall–Kier alpha value is -2.52. The van der Waals surface area contributed by atoms with Gasteiger partial charge in [0.15, 0.2) is 0 Å². The molecule has 8 nitrogen and oxygen atoms in total. The number of carbonyl (C=O) groups is 3. The molecule has 2 heterocycles. The maximum absolute atomic E-state index is 12.8. The van der Waals surface area contributed by atoms with Crippen molar-refractivity contribution >= 4 is 27.7 Å². The summed E-state index contributed by atoms with van der Waals surface area (Å²) in [7, 11) is -3.61. The van der Waals surface area contributed by atoms with Gasteiger partial charge >= 0.3 is 0 Å². The lowest BCUT2D eigenvalue weighted by atomic mass is 9.85. The van der Waals surface area contributed by atoms with Crippen molar-refractivity contribution in [3.63, 3.8) is 0 Å². The number of fused-ring (bicyclic) bond motifs is 5. The van der Waals surface area contributed by atoms with Gasteiger partial charge in [-0.25, -0.2) is 8.42 Å². The molecule has 4 atom stereocenters. The van der Waals surface area contributed by atoms with E-state index in [1.165, 1.54) is 4.31 Å². The van der Waals surface area contributed by atoms with Gasteiger partial charge in [-0.1, -0.05) is 29.8 Å². The SMILES string of the molecule is Cc1ccc(S(=O)(=O)N2CCN(C(=O)CN3C(=O)[C@@H]4[C@H](C3=O)[C@H]3C=C[C@@H]4C3)CC2)cc1. The summed E-state index contributed by atoms with van der Waals surface area (Å²) in [6.07, 6.45) is 4.90. The van der Waals surface area contributed by atoms with Gasteiger partial charge in [-0.3, -0.25) is 19.3 Å². The van der Waals surface area contributed by atoms with E-state index >= 15 is 0 Å². The number of hydrogen-bond donors (Lipinski definition) is 0. The van der Waals surface area contributed by atoms with Gasteiger partial charge in [-0.15, -0.1) is 0 Å². The highest BCUT2D eigenvalue weighted by Crippen LogP contribution is 2.52. The van der Waals surface area contributed by atoms with Crippen LogP contribution in [-0.4, -0.2) is 73.0 Å². The van der Waals surface area contributed by atoms with Crippen LogP contribution in [0.1, 0.15) is 12.0 Å². The van der Waals surface area contributed by atoms with Gasteiger partial charge in [-0.05, 0) is 37.3 Å². The highest BCUT2D eigenvalue weighted by Gasteiger charge is 2.59. The molecule has 0 radical (unpaired) electrons. The van der Waals surface area contributed by atoms with Gasteiger partial charge in [0.25, 0.3) is 0 Å². The largest absolute Gasteiger partial charge is 0.338 e. The number of piperazine rings is 1. The summed E-state index contributed by atoms with van der Waals surface area (Å²) in [5, 5.41) is 0. The molecular formula is C22H25N3O5S. The number of benzene rings is 1. The van der Waals surface area contributed by atoms with Crippen LogP contribution in [0.2, 0.25) is 0 Å². The molecule has 2 bridgehead atoms. The summed E-state index contributed by atoms with van der Waals surface area (Å²) in [4.78, 5) is 41.3. The molecule has 2 aliphatic heterocycles. The summed E-state index contributed by atoms with van der Waals surface area (Å²) < 4.78 is 27.1. The number of amides is 3. The summed E-state index contributed by atoms with van der Waals surface area (Å²) in [5.41, 5.74) is 0.980. The Balaban J connectivity index is 1.21. The third-order valence-electron chi connectivity index (χ3n) is 7.11. The molecule has 0 N–H and O–H groups in total. The lowest BCUT2D eigenvalue weighted by Gasteiger charge is -2.34. The summed E-state index contributed by atoms with van der Waals surface area (Å²) in [5.74, 6) is -1.18. The third-order valence-corrected chi connectivity index (χ3v) is 9.02. The van der Waals surface area contributed by atoms with Crippen LogP contribution in [0.4, 0.5) is 0 Å². The maximum atomic E-state index is 12.8. The summed E-state index contributed by atoms with van der Waals surface area (Å²) in [6.45, 7) is 2.48. The smallest absolute Gasteiger partial charge is 0.243 e. The van der Waals surface area contributed by atoms with Gasteiger partial charge in [-0.2, -0.15) is 4.31 Å². The first-order valence-corrected chi connectivity index (χ1v) is 12.1. The number of carbonyl (C=O) groups excluding carboxylic acids is 3. The Labute approximate surface area is 181 Å². The van der Waals surface area contributed by atoms with Gasteiger partial charge in [0.05, 0.1) is 16.7 Å². The normalized spacial score (nSPS) is 30.4. The number of sulfonamides is 1. The average molecular weight is 444 g/mol. The van der Waals surface area contributed by atoms with Crippen LogP contribution in [0.15, 0.2) is 41.3 Å². The first kappa shape index (κ1) is 20.4. The van der Waals surface area contributed by atoms with Crippen molar-refractivity contribution in [2.24, 2.45) is 23.7 Å². The Morgan fingerprint density at radius 1 is 0.935 bits per heavy atom. The number of rotatable bonds is 4. The van der Waals surface area contributed by atoms with Gasteiger partial charge in [0.2, 0.25) is 27.7 Å². The third kappa shape index (κ3) is 3.22. The predicted octanol–water partition coefficient (Wildman–Crippen LogP) is 0.635. The molecule has 1 saturated carbocycles. The minimum absolute atomic E-state index is 0.113. The minimum Gasteiger partial charge on any atom is -0.338 e. The minimum atomic E-state index is -3.61. The number of allylic oxidation sites excluding steroid dienone is 2. The van der Waals surface area contributed by atoms with E-state index < -0.39 is 10.0 Å². The highest BCUT2D eigenvalue weighted by atomic mass is 32.2. The van der Waals surface area contributed by atoms with E-state index in [1.807, 2.05) is 19.1 Å². The molecule has 2 saturated heterocycles. The van der Waals surface area contributed by atoms with Gasteiger partial charge in [0, 0.05) is 26.2 Å². The number of nitrogens with zero attached hydrogens (tertiary/aromatic N) is 3. The number of imide groups is 1. The zero-order valence-electron chi connectivity index (χ0n) is 17.3. The standard InChI is InChI=1S/C22H25N3O5S/c1-14-2-6-17(7-3-14)31(29,30)24-10-8-23(9-11-24)18(26)13-25-21(27)19-15-4-5-16(12-15)20(19)22(25)28/h2-7,15-16,19-20H,8-13H2,1H3/t15-,16+,19+,20-. The van der Waals surface area contributed by atoms with Crippen molar-refractivity contribution in [3.8, 4) is 0 Å². The fourth-order valence-electron chi connectivity index (χ4n) is 5.39. The first-order valence-electron chi connectivity index (χ1n) is 10.7. The Kier molecular flexibility index (Phi) is 4.78. The van der Waals surface area contributed by atoms with E-state index in [0.29, 0.717) is 0 Å². The van der Waals surface area contributed by atoms with Gasteiger partial charge < -0.3 is 4.90 Å². The molecule has 2 aliphatic carbocycles. The van der Waals surface area contributed by atoms with Crippen molar-refractivity contribution in [1.82, 2.24) is 14.1 Å². The van der Waals surface area contributed by atoms with Gasteiger partial charge in [0.1, 0.15) is 6.54 Å². The second kappa shape index (κ2) is 7.27. The molecule has 164 valence electrons.